The lowest BCUT2D eigenvalue weighted by atomic mass is 9.71. The highest BCUT2D eigenvalue weighted by Gasteiger charge is 2.61. The van der Waals surface area contributed by atoms with Gasteiger partial charge in [0.15, 0.2) is 11.2 Å². The minimum atomic E-state index is -1.35. The quantitative estimate of drug-likeness (QED) is 0.502. The van der Waals surface area contributed by atoms with Crippen LogP contribution in [0.1, 0.15) is 33.4 Å². The van der Waals surface area contributed by atoms with Crippen LogP contribution < -0.4 is 0 Å². The van der Waals surface area contributed by atoms with Gasteiger partial charge in [-0.05, 0) is 41.3 Å². The van der Waals surface area contributed by atoms with Crippen LogP contribution in [-0.2, 0) is 15.9 Å². The van der Waals surface area contributed by atoms with Gasteiger partial charge in [-0.1, -0.05) is 96.1 Å². The molecule has 0 heterocycles. The predicted molar refractivity (Wildman–Crippen MR) is 117 cm³/mol. The smallest absolute Gasteiger partial charge is 0.155 e. The van der Waals surface area contributed by atoms with Gasteiger partial charge in [0.2, 0.25) is 0 Å². The van der Waals surface area contributed by atoms with Crippen LogP contribution in [0.4, 0.5) is 0 Å². The van der Waals surface area contributed by atoms with E-state index in [1.807, 2.05) is 42.5 Å². The molecule has 1 N–H and O–H groups in total. The molecule has 1 aliphatic rings. The highest BCUT2D eigenvalue weighted by atomic mass is 16.5. The van der Waals surface area contributed by atoms with Crippen LogP contribution in [0.15, 0.2) is 84.9 Å². The summed E-state index contributed by atoms with van der Waals surface area (Å²) in [5.74, 6) is 0. The standard InChI is InChI=1S/C27H24O2/c1-18-10-14-21(15-11-18)26(28)23-8-4-6-20-7-5-9-24(25(20)23)27(26,29-3)22-16-12-19(2)13-17-22/h4-17,28H,1-3H3/t26-,27-/m0/s1. The molecule has 4 aromatic rings. The molecular formula is C27H24O2. The van der Waals surface area contributed by atoms with E-state index >= 15 is 0 Å². The summed E-state index contributed by atoms with van der Waals surface area (Å²) in [4.78, 5) is 0. The van der Waals surface area contributed by atoms with Gasteiger partial charge < -0.3 is 9.84 Å². The Hall–Kier alpha value is -2.94. The lowest BCUT2D eigenvalue weighted by Gasteiger charge is -2.43. The summed E-state index contributed by atoms with van der Waals surface area (Å²) in [7, 11) is 1.70. The van der Waals surface area contributed by atoms with E-state index in [2.05, 4.69) is 56.3 Å². The maximum Gasteiger partial charge on any atom is 0.155 e. The third-order valence-electron chi connectivity index (χ3n) is 6.42. The van der Waals surface area contributed by atoms with Crippen molar-refractivity contribution in [3.8, 4) is 0 Å². The van der Waals surface area contributed by atoms with Crippen molar-refractivity contribution in [1.29, 1.82) is 0 Å². The third-order valence-corrected chi connectivity index (χ3v) is 6.42. The van der Waals surface area contributed by atoms with E-state index in [0.717, 1.165) is 38.6 Å². The number of methoxy groups -OCH3 is 1. The molecular weight excluding hydrogens is 356 g/mol. The number of hydrogen-bond acceptors (Lipinski definition) is 2. The first-order chi connectivity index (χ1) is 14.0. The normalized spacial score (nSPS) is 22.9. The van der Waals surface area contributed by atoms with Gasteiger partial charge in [0, 0.05) is 12.7 Å². The van der Waals surface area contributed by atoms with Crippen molar-refractivity contribution >= 4 is 10.8 Å². The van der Waals surface area contributed by atoms with Crippen molar-refractivity contribution in [2.24, 2.45) is 0 Å². The average Bonchev–Trinajstić information content (AvgIpc) is 2.97. The highest BCUT2D eigenvalue weighted by Crippen LogP contribution is 2.59. The number of ether oxygens (including phenoxy) is 1. The molecule has 2 heteroatoms. The molecule has 0 fully saturated rings. The molecule has 0 aliphatic heterocycles. The fourth-order valence-electron chi connectivity index (χ4n) is 5.00. The molecule has 144 valence electrons. The monoisotopic (exact) mass is 380 g/mol. The first-order valence-electron chi connectivity index (χ1n) is 9.97. The molecule has 4 aromatic carbocycles. The van der Waals surface area contributed by atoms with E-state index in [4.69, 9.17) is 4.74 Å². The molecule has 0 spiro atoms. The number of rotatable bonds is 3. The highest BCUT2D eigenvalue weighted by molar-refractivity contribution is 5.95. The van der Waals surface area contributed by atoms with Crippen LogP contribution >= 0.6 is 0 Å². The fourth-order valence-corrected chi connectivity index (χ4v) is 5.00. The maximum absolute atomic E-state index is 12.6. The first kappa shape index (κ1) is 18.1. The fraction of sp³-hybridized carbons (Fsp3) is 0.185. The second kappa shape index (κ2) is 6.28. The second-order valence-electron chi connectivity index (χ2n) is 8.04. The SMILES string of the molecule is CO[C@@]1(c2ccc(C)cc2)c2cccc3cccc(c23)[C@@]1(O)c1ccc(C)cc1. The van der Waals surface area contributed by atoms with Gasteiger partial charge in [-0.2, -0.15) is 0 Å². The summed E-state index contributed by atoms with van der Waals surface area (Å²) in [6.07, 6.45) is 0. The zero-order valence-corrected chi connectivity index (χ0v) is 16.9. The van der Waals surface area contributed by atoms with Gasteiger partial charge in [-0.3, -0.25) is 0 Å². The van der Waals surface area contributed by atoms with Gasteiger partial charge in [-0.25, -0.2) is 0 Å². The number of hydrogen-bond donors (Lipinski definition) is 1. The van der Waals surface area contributed by atoms with Crippen LogP contribution in [-0.4, -0.2) is 12.2 Å². The molecule has 0 radical (unpaired) electrons. The van der Waals surface area contributed by atoms with Gasteiger partial charge in [0.25, 0.3) is 0 Å². The zero-order valence-electron chi connectivity index (χ0n) is 16.9. The first-order valence-corrected chi connectivity index (χ1v) is 9.97. The van der Waals surface area contributed by atoms with Crippen LogP contribution in [0.3, 0.4) is 0 Å². The van der Waals surface area contributed by atoms with Crippen molar-refractivity contribution < 1.29 is 9.84 Å². The summed E-state index contributed by atoms with van der Waals surface area (Å²) in [5.41, 5.74) is 3.59. The summed E-state index contributed by atoms with van der Waals surface area (Å²) in [6, 6.07) is 28.8. The molecule has 29 heavy (non-hydrogen) atoms. The van der Waals surface area contributed by atoms with Crippen molar-refractivity contribution in [3.05, 3.63) is 118 Å². The van der Waals surface area contributed by atoms with Crippen LogP contribution in [0.5, 0.6) is 0 Å². The minimum Gasteiger partial charge on any atom is -0.377 e. The number of benzene rings is 4. The molecule has 0 unspecified atom stereocenters. The largest absolute Gasteiger partial charge is 0.377 e. The van der Waals surface area contributed by atoms with Crippen molar-refractivity contribution in [3.63, 3.8) is 0 Å². The molecule has 0 saturated heterocycles. The van der Waals surface area contributed by atoms with Gasteiger partial charge in [-0.15, -0.1) is 0 Å². The Bertz CT molecular complexity index is 1200. The summed E-state index contributed by atoms with van der Waals surface area (Å²) < 4.78 is 6.35. The van der Waals surface area contributed by atoms with Crippen LogP contribution in [0, 0.1) is 13.8 Å². The molecule has 0 aromatic heterocycles. The second-order valence-corrected chi connectivity index (χ2v) is 8.04. The maximum atomic E-state index is 12.6. The van der Waals surface area contributed by atoms with E-state index < -0.39 is 11.2 Å². The van der Waals surface area contributed by atoms with Crippen LogP contribution in [0.25, 0.3) is 10.8 Å². The predicted octanol–water partition coefficient (Wildman–Crippen LogP) is 5.60. The summed E-state index contributed by atoms with van der Waals surface area (Å²) in [6.45, 7) is 4.13. The van der Waals surface area contributed by atoms with Crippen molar-refractivity contribution in [1.82, 2.24) is 0 Å². The lowest BCUT2D eigenvalue weighted by Crippen LogP contribution is -2.49. The number of aryl methyl sites for hydroxylation is 2. The van der Waals surface area contributed by atoms with Crippen LogP contribution in [0.2, 0.25) is 0 Å². The van der Waals surface area contributed by atoms with Crippen molar-refractivity contribution in [2.45, 2.75) is 25.0 Å². The summed E-state index contributed by atoms with van der Waals surface area (Å²) >= 11 is 0. The third kappa shape index (κ3) is 2.24. The summed E-state index contributed by atoms with van der Waals surface area (Å²) in [5, 5.41) is 14.8. The van der Waals surface area contributed by atoms with Gasteiger partial charge in [0.1, 0.15) is 0 Å². The minimum absolute atomic E-state index is 0.828. The average molecular weight is 380 g/mol. The molecule has 0 bridgehead atoms. The Kier molecular flexibility index (Phi) is 3.92. The molecule has 2 nitrogen and oxygen atoms in total. The van der Waals surface area contributed by atoms with E-state index in [0.29, 0.717) is 0 Å². The van der Waals surface area contributed by atoms with E-state index in [1.165, 1.54) is 5.56 Å². The molecule has 1 aliphatic carbocycles. The molecule has 2 atom stereocenters. The Balaban J connectivity index is 1.94. The van der Waals surface area contributed by atoms with Crippen molar-refractivity contribution in [2.75, 3.05) is 7.11 Å². The van der Waals surface area contributed by atoms with E-state index in [-0.39, 0.29) is 0 Å². The van der Waals surface area contributed by atoms with E-state index in [1.54, 1.807) is 7.11 Å². The molecule has 5 rings (SSSR count). The Labute approximate surface area is 171 Å². The lowest BCUT2D eigenvalue weighted by molar-refractivity contribution is -0.127. The Morgan fingerprint density at radius 3 is 1.72 bits per heavy atom. The Morgan fingerprint density at radius 1 is 0.655 bits per heavy atom. The van der Waals surface area contributed by atoms with Gasteiger partial charge in [0.05, 0.1) is 0 Å². The number of aliphatic hydroxyl groups is 1. The molecule has 0 amide bonds. The topological polar surface area (TPSA) is 29.5 Å². The molecule has 0 saturated carbocycles. The Morgan fingerprint density at radius 2 is 1.17 bits per heavy atom. The van der Waals surface area contributed by atoms with Gasteiger partial charge >= 0.3 is 0 Å². The van der Waals surface area contributed by atoms with E-state index in [9.17, 15) is 5.11 Å². The zero-order chi connectivity index (χ0) is 20.2.